The number of fused-ring (bicyclic) bond motifs is 1. The van der Waals surface area contributed by atoms with Crippen LogP contribution in [0, 0.1) is 11.8 Å². The van der Waals surface area contributed by atoms with Gasteiger partial charge in [-0.3, -0.25) is 0 Å². The lowest BCUT2D eigenvalue weighted by Gasteiger charge is -2.15. The number of aromatic carboxylic acids is 1. The molecule has 1 aliphatic carbocycles. The minimum absolute atomic E-state index is 0.318. The van der Waals surface area contributed by atoms with Crippen molar-refractivity contribution in [3.63, 3.8) is 0 Å². The average Bonchev–Trinajstić information content (AvgIpc) is 3.15. The fourth-order valence-electron chi connectivity index (χ4n) is 3.59. The number of carboxylic acids is 1. The number of nitrogens with zero attached hydrogens (tertiary/aromatic N) is 2. The van der Waals surface area contributed by atoms with Crippen LogP contribution in [-0.4, -0.2) is 20.6 Å². The standard InChI is InChI=1S/C19H26N2O2/c1-3-13(2)12-21-17-9-8-15(19(22)23)11-16(17)20-18(21)10-14-6-4-5-7-14/h8-9,11,13-14H,3-7,10,12H2,1-2H3,(H,22,23). The molecule has 1 N–H and O–H groups in total. The summed E-state index contributed by atoms with van der Waals surface area (Å²) in [4.78, 5) is 16.0. The van der Waals surface area contributed by atoms with E-state index in [0.717, 1.165) is 42.2 Å². The van der Waals surface area contributed by atoms with Crippen LogP contribution in [0.5, 0.6) is 0 Å². The molecule has 124 valence electrons. The number of benzene rings is 1. The van der Waals surface area contributed by atoms with Crippen molar-refractivity contribution in [1.82, 2.24) is 9.55 Å². The normalized spacial score (nSPS) is 17.0. The maximum atomic E-state index is 11.2. The molecule has 3 rings (SSSR count). The number of imidazole rings is 1. The summed E-state index contributed by atoms with van der Waals surface area (Å²) in [6.45, 7) is 5.43. The Bertz CT molecular complexity index is 699. The molecule has 1 fully saturated rings. The molecular weight excluding hydrogens is 288 g/mol. The lowest BCUT2D eigenvalue weighted by molar-refractivity contribution is 0.0697. The SMILES string of the molecule is CCC(C)Cn1c(CC2CCCC2)nc2cc(C(=O)O)ccc21. The Morgan fingerprint density at radius 1 is 1.39 bits per heavy atom. The van der Waals surface area contributed by atoms with E-state index in [1.807, 2.05) is 6.07 Å². The third kappa shape index (κ3) is 3.41. The zero-order valence-corrected chi connectivity index (χ0v) is 14.1. The number of carbonyl (C=O) groups is 1. The average molecular weight is 314 g/mol. The van der Waals surface area contributed by atoms with Crippen LogP contribution in [0.2, 0.25) is 0 Å². The lowest BCUT2D eigenvalue weighted by Crippen LogP contribution is -2.12. The highest BCUT2D eigenvalue weighted by atomic mass is 16.4. The second-order valence-corrected chi connectivity index (χ2v) is 7.02. The Labute approximate surface area is 137 Å². The molecule has 0 spiro atoms. The molecule has 1 atom stereocenters. The molecule has 0 saturated heterocycles. The van der Waals surface area contributed by atoms with Crippen LogP contribution in [0.3, 0.4) is 0 Å². The third-order valence-corrected chi connectivity index (χ3v) is 5.21. The first-order chi connectivity index (χ1) is 11.1. The summed E-state index contributed by atoms with van der Waals surface area (Å²) >= 11 is 0. The van der Waals surface area contributed by atoms with Crippen molar-refractivity contribution in [2.24, 2.45) is 11.8 Å². The van der Waals surface area contributed by atoms with Gasteiger partial charge in [-0.2, -0.15) is 0 Å². The fraction of sp³-hybridized carbons (Fsp3) is 0.579. The summed E-state index contributed by atoms with van der Waals surface area (Å²) in [5.74, 6) is 1.57. The molecule has 1 aliphatic rings. The van der Waals surface area contributed by atoms with E-state index in [4.69, 9.17) is 4.98 Å². The van der Waals surface area contributed by atoms with Gasteiger partial charge in [0.1, 0.15) is 5.82 Å². The number of aromatic nitrogens is 2. The summed E-state index contributed by atoms with van der Waals surface area (Å²) < 4.78 is 2.33. The van der Waals surface area contributed by atoms with E-state index in [2.05, 4.69) is 18.4 Å². The molecule has 23 heavy (non-hydrogen) atoms. The Balaban J connectivity index is 2.00. The largest absolute Gasteiger partial charge is 0.478 e. The Kier molecular flexibility index (Phi) is 4.69. The van der Waals surface area contributed by atoms with Gasteiger partial charge in [0.15, 0.2) is 0 Å². The minimum atomic E-state index is -0.888. The van der Waals surface area contributed by atoms with Gasteiger partial charge in [-0.05, 0) is 30.0 Å². The second-order valence-electron chi connectivity index (χ2n) is 7.02. The Morgan fingerprint density at radius 2 is 2.13 bits per heavy atom. The van der Waals surface area contributed by atoms with Crippen LogP contribution in [0.1, 0.15) is 62.1 Å². The molecule has 4 nitrogen and oxygen atoms in total. The fourth-order valence-corrected chi connectivity index (χ4v) is 3.59. The summed E-state index contributed by atoms with van der Waals surface area (Å²) in [6.07, 6.45) is 7.42. The van der Waals surface area contributed by atoms with E-state index < -0.39 is 5.97 Å². The van der Waals surface area contributed by atoms with E-state index in [1.165, 1.54) is 25.7 Å². The summed E-state index contributed by atoms with van der Waals surface area (Å²) in [7, 11) is 0. The molecule has 1 heterocycles. The first kappa shape index (κ1) is 16.0. The van der Waals surface area contributed by atoms with Gasteiger partial charge in [0.05, 0.1) is 16.6 Å². The summed E-state index contributed by atoms with van der Waals surface area (Å²) in [5.41, 5.74) is 2.21. The minimum Gasteiger partial charge on any atom is -0.478 e. The zero-order valence-electron chi connectivity index (χ0n) is 14.1. The number of hydrogen-bond donors (Lipinski definition) is 1. The molecule has 1 saturated carbocycles. The highest BCUT2D eigenvalue weighted by Crippen LogP contribution is 2.29. The van der Waals surface area contributed by atoms with Crippen molar-refractivity contribution in [3.8, 4) is 0 Å². The van der Waals surface area contributed by atoms with Crippen LogP contribution in [-0.2, 0) is 13.0 Å². The van der Waals surface area contributed by atoms with Gasteiger partial charge in [0, 0.05) is 13.0 Å². The Hall–Kier alpha value is -1.84. The van der Waals surface area contributed by atoms with Gasteiger partial charge in [-0.1, -0.05) is 46.0 Å². The van der Waals surface area contributed by atoms with E-state index in [9.17, 15) is 9.90 Å². The molecule has 0 bridgehead atoms. The van der Waals surface area contributed by atoms with Gasteiger partial charge >= 0.3 is 5.97 Å². The number of rotatable bonds is 6. The molecule has 1 aromatic carbocycles. The summed E-state index contributed by atoms with van der Waals surface area (Å²) in [6, 6.07) is 5.33. The van der Waals surface area contributed by atoms with Crippen molar-refractivity contribution in [2.75, 3.05) is 0 Å². The van der Waals surface area contributed by atoms with Crippen molar-refractivity contribution in [2.45, 2.75) is 58.9 Å². The van der Waals surface area contributed by atoms with Gasteiger partial charge in [-0.25, -0.2) is 9.78 Å². The quantitative estimate of drug-likeness (QED) is 0.853. The van der Waals surface area contributed by atoms with E-state index in [0.29, 0.717) is 11.5 Å². The number of hydrogen-bond acceptors (Lipinski definition) is 2. The molecule has 1 unspecified atom stereocenters. The van der Waals surface area contributed by atoms with Gasteiger partial charge in [0.2, 0.25) is 0 Å². The topological polar surface area (TPSA) is 55.1 Å². The third-order valence-electron chi connectivity index (χ3n) is 5.21. The van der Waals surface area contributed by atoms with Gasteiger partial charge in [0.25, 0.3) is 0 Å². The Morgan fingerprint density at radius 3 is 2.78 bits per heavy atom. The molecule has 1 aromatic heterocycles. The van der Waals surface area contributed by atoms with Crippen molar-refractivity contribution in [1.29, 1.82) is 0 Å². The van der Waals surface area contributed by atoms with E-state index in [-0.39, 0.29) is 0 Å². The van der Waals surface area contributed by atoms with Crippen molar-refractivity contribution >= 4 is 17.0 Å². The lowest BCUT2D eigenvalue weighted by atomic mass is 10.0. The molecule has 0 radical (unpaired) electrons. The molecule has 0 aliphatic heterocycles. The first-order valence-electron chi connectivity index (χ1n) is 8.81. The van der Waals surface area contributed by atoms with Crippen LogP contribution in [0.4, 0.5) is 0 Å². The monoisotopic (exact) mass is 314 g/mol. The molecule has 4 heteroatoms. The molecule has 2 aromatic rings. The predicted octanol–water partition coefficient (Wildman–Crippen LogP) is 4.51. The van der Waals surface area contributed by atoms with Crippen molar-refractivity contribution < 1.29 is 9.90 Å². The van der Waals surface area contributed by atoms with Gasteiger partial charge < -0.3 is 9.67 Å². The van der Waals surface area contributed by atoms with Crippen LogP contribution in [0.25, 0.3) is 11.0 Å². The maximum absolute atomic E-state index is 11.2. The summed E-state index contributed by atoms with van der Waals surface area (Å²) in [5, 5.41) is 9.20. The smallest absolute Gasteiger partial charge is 0.335 e. The van der Waals surface area contributed by atoms with Crippen molar-refractivity contribution in [3.05, 3.63) is 29.6 Å². The van der Waals surface area contributed by atoms with Crippen LogP contribution < -0.4 is 0 Å². The second kappa shape index (κ2) is 6.73. The maximum Gasteiger partial charge on any atom is 0.335 e. The van der Waals surface area contributed by atoms with E-state index >= 15 is 0 Å². The highest BCUT2D eigenvalue weighted by molar-refractivity contribution is 5.92. The highest BCUT2D eigenvalue weighted by Gasteiger charge is 2.21. The zero-order chi connectivity index (χ0) is 16.4. The van der Waals surface area contributed by atoms with E-state index in [1.54, 1.807) is 12.1 Å². The van der Waals surface area contributed by atoms with Gasteiger partial charge in [-0.15, -0.1) is 0 Å². The predicted molar refractivity (Wildman–Crippen MR) is 91.8 cm³/mol. The van der Waals surface area contributed by atoms with Crippen LogP contribution >= 0.6 is 0 Å². The molecular formula is C19H26N2O2. The van der Waals surface area contributed by atoms with Crippen LogP contribution in [0.15, 0.2) is 18.2 Å². The molecule has 0 amide bonds. The first-order valence-corrected chi connectivity index (χ1v) is 8.81. The number of carboxylic acid groups (broad SMARTS) is 1.